The molecule has 1 aliphatic heterocycles. The Kier molecular flexibility index (Phi) is 4.11. The molecule has 0 aromatic heterocycles. The number of hydrogen-bond donors (Lipinski definition) is 5. The average Bonchev–Trinajstić information content (AvgIpc) is 2.15. The van der Waals surface area contributed by atoms with Crippen molar-refractivity contribution in [2.24, 2.45) is 0 Å². The van der Waals surface area contributed by atoms with Crippen molar-refractivity contribution in [1.29, 1.82) is 0 Å². The van der Waals surface area contributed by atoms with Crippen LogP contribution in [0.5, 0.6) is 0 Å². The van der Waals surface area contributed by atoms with Gasteiger partial charge in [0.25, 0.3) is 0 Å². The third-order valence-electron chi connectivity index (χ3n) is 2.36. The number of hydrogen-bond acceptors (Lipinski definition) is 3. The molecule has 0 saturated heterocycles. The second-order valence-electron chi connectivity index (χ2n) is 3.70. The summed E-state index contributed by atoms with van der Waals surface area (Å²) in [4.78, 5) is 35.7. The molecule has 0 aromatic carbocycles. The first-order valence-electron chi connectivity index (χ1n) is 4.66. The van der Waals surface area contributed by atoms with Crippen LogP contribution in [0.1, 0.15) is 6.42 Å². The summed E-state index contributed by atoms with van der Waals surface area (Å²) in [5.41, 5.74) is 0. The highest BCUT2D eigenvalue weighted by Gasteiger charge is 2.62. The van der Waals surface area contributed by atoms with Crippen LogP contribution in [0.2, 0.25) is 0 Å². The van der Waals surface area contributed by atoms with Crippen molar-refractivity contribution in [3.8, 4) is 0 Å². The monoisotopic (exact) mass is 286 g/mol. The van der Waals surface area contributed by atoms with Gasteiger partial charge < -0.3 is 24.7 Å². The molecule has 0 radical (unpaired) electrons. The van der Waals surface area contributed by atoms with Gasteiger partial charge in [0, 0.05) is 6.42 Å². The minimum absolute atomic E-state index is 0.318. The zero-order valence-corrected chi connectivity index (χ0v) is 10.5. The van der Waals surface area contributed by atoms with E-state index in [1.54, 1.807) is 12.2 Å². The van der Waals surface area contributed by atoms with Gasteiger partial charge in [0.15, 0.2) is 12.8 Å². The minimum Gasteiger partial charge on any atom is -0.363 e. The smallest absolute Gasteiger partial charge is 0.363 e. The maximum atomic E-state index is 11.1. The highest BCUT2D eigenvalue weighted by molar-refractivity contribution is 7.72. The Labute approximate surface area is 97.2 Å². The van der Waals surface area contributed by atoms with Gasteiger partial charge in [-0.1, -0.05) is 6.08 Å². The van der Waals surface area contributed by atoms with Gasteiger partial charge in [-0.25, -0.2) is 4.58 Å². The predicted molar refractivity (Wildman–Crippen MR) is 58.9 cm³/mol. The summed E-state index contributed by atoms with van der Waals surface area (Å²) >= 11 is 0. The molecule has 1 aliphatic rings. The van der Waals surface area contributed by atoms with Gasteiger partial charge in [-0.3, -0.25) is 9.13 Å². The first kappa shape index (κ1) is 14.7. The Balaban J connectivity index is 3.10. The molecule has 0 saturated carbocycles. The third-order valence-corrected chi connectivity index (χ3v) is 6.08. The van der Waals surface area contributed by atoms with Crippen LogP contribution in [-0.2, 0) is 9.13 Å². The predicted octanol–water partition coefficient (Wildman–Crippen LogP) is -0.969. The first-order valence-corrected chi connectivity index (χ1v) is 7.88. The second-order valence-corrected chi connectivity index (χ2v) is 7.71. The van der Waals surface area contributed by atoms with Gasteiger partial charge in [0.2, 0.25) is 0 Å². The largest absolute Gasteiger partial charge is 0.376 e. The lowest BCUT2D eigenvalue weighted by Crippen LogP contribution is -2.39. The Morgan fingerprint density at radius 1 is 1.18 bits per heavy atom. The molecular formula is C7H14NO7P2+. The van der Waals surface area contributed by atoms with Crippen LogP contribution in [0.3, 0.4) is 0 Å². The fraction of sp³-hybridized carbons (Fsp3) is 0.571. The van der Waals surface area contributed by atoms with Crippen LogP contribution >= 0.6 is 15.2 Å². The van der Waals surface area contributed by atoms with Gasteiger partial charge >= 0.3 is 20.3 Å². The van der Waals surface area contributed by atoms with Crippen molar-refractivity contribution < 1.29 is 38.4 Å². The van der Waals surface area contributed by atoms with Gasteiger partial charge in [-0.2, -0.15) is 0 Å². The van der Waals surface area contributed by atoms with E-state index < -0.39 is 26.8 Å². The fourth-order valence-electron chi connectivity index (χ4n) is 1.35. The van der Waals surface area contributed by atoms with E-state index >= 15 is 0 Å². The van der Waals surface area contributed by atoms with E-state index in [0.29, 0.717) is 13.0 Å². The van der Waals surface area contributed by atoms with Crippen molar-refractivity contribution in [2.75, 3.05) is 13.1 Å². The molecule has 98 valence electrons. The summed E-state index contributed by atoms with van der Waals surface area (Å²) in [5, 5.41) is 6.25. The molecule has 0 aliphatic carbocycles. The lowest BCUT2D eigenvalue weighted by Gasteiger charge is -2.27. The summed E-state index contributed by atoms with van der Waals surface area (Å²) in [6.45, 7) is -0.509. The molecule has 0 fully saturated rings. The summed E-state index contributed by atoms with van der Waals surface area (Å²) < 4.78 is 23.4. The van der Waals surface area contributed by atoms with Crippen LogP contribution < -0.4 is 0 Å². The molecule has 0 atom stereocenters. The molecule has 1 rings (SSSR count). The van der Waals surface area contributed by atoms with Crippen molar-refractivity contribution >= 4 is 21.4 Å². The van der Waals surface area contributed by atoms with E-state index in [0.717, 1.165) is 0 Å². The molecule has 0 spiro atoms. The van der Waals surface area contributed by atoms with Gasteiger partial charge in [0.05, 0.1) is 0 Å². The molecule has 8 nitrogen and oxygen atoms in total. The van der Waals surface area contributed by atoms with Crippen LogP contribution in [0, 0.1) is 0 Å². The normalized spacial score (nSPS) is 18.1. The Bertz CT molecular complexity index is 423. The Morgan fingerprint density at radius 2 is 1.71 bits per heavy atom. The minimum atomic E-state index is -5.37. The van der Waals surface area contributed by atoms with E-state index in [9.17, 15) is 14.2 Å². The summed E-state index contributed by atoms with van der Waals surface area (Å²) in [6, 6.07) is 0. The maximum absolute atomic E-state index is 11.1. The van der Waals surface area contributed by atoms with Crippen LogP contribution in [0.4, 0.5) is 0 Å². The van der Waals surface area contributed by atoms with Gasteiger partial charge in [0.1, 0.15) is 6.54 Å². The zero-order chi connectivity index (χ0) is 13.3. The van der Waals surface area contributed by atoms with Crippen LogP contribution in [0.15, 0.2) is 12.2 Å². The highest BCUT2D eigenvalue weighted by atomic mass is 31.2. The van der Waals surface area contributed by atoms with E-state index in [2.05, 4.69) is 0 Å². The SMILES string of the molecule is O=P(O)(O)C(O)(C[N+]1=CC=CCC1)P(=O)(O)O. The fourth-order valence-corrected chi connectivity index (χ4v) is 3.44. The molecule has 0 amide bonds. The standard InChI is InChI=1S/C7H13NO7P2/c9-7(16(10,11)12,17(13,14)15)6-8-4-2-1-3-5-8/h1-2,4,9H,3,5-6H2,(H3-,10,11,12,13,14,15)/p+1. The van der Waals surface area contributed by atoms with Crippen molar-refractivity contribution in [1.82, 2.24) is 0 Å². The molecule has 0 bridgehead atoms. The molecule has 10 heteroatoms. The highest BCUT2D eigenvalue weighted by Crippen LogP contribution is 2.67. The zero-order valence-electron chi connectivity index (χ0n) is 8.75. The van der Waals surface area contributed by atoms with E-state index in [1.165, 1.54) is 10.8 Å². The van der Waals surface area contributed by atoms with Gasteiger partial charge in [-0.15, -0.1) is 0 Å². The third kappa shape index (κ3) is 3.11. The maximum Gasteiger partial charge on any atom is 0.376 e. The topological polar surface area (TPSA) is 138 Å². The molecule has 17 heavy (non-hydrogen) atoms. The number of β-amino-alcohol motifs (C(OH)–C–C–N with tert-alkyl or cyclic N) is 1. The summed E-state index contributed by atoms with van der Waals surface area (Å²) in [7, 11) is -10.7. The molecule has 0 aromatic rings. The lowest BCUT2D eigenvalue weighted by molar-refractivity contribution is -0.531. The van der Waals surface area contributed by atoms with Crippen LogP contribution in [-0.4, -0.2) is 53.6 Å². The van der Waals surface area contributed by atoms with Crippen LogP contribution in [0.25, 0.3) is 0 Å². The average molecular weight is 286 g/mol. The summed E-state index contributed by atoms with van der Waals surface area (Å²) in [6.07, 6.45) is 5.32. The van der Waals surface area contributed by atoms with Crippen molar-refractivity contribution in [3.05, 3.63) is 12.2 Å². The van der Waals surface area contributed by atoms with Crippen molar-refractivity contribution in [3.63, 3.8) is 0 Å². The van der Waals surface area contributed by atoms with E-state index in [4.69, 9.17) is 19.6 Å². The Hall–Kier alpha value is -0.330. The van der Waals surface area contributed by atoms with Crippen molar-refractivity contribution in [2.45, 2.75) is 11.5 Å². The number of nitrogens with zero attached hydrogens (tertiary/aromatic N) is 1. The quantitative estimate of drug-likeness (QED) is 0.331. The van der Waals surface area contributed by atoms with Gasteiger partial charge in [-0.05, 0) is 6.08 Å². The molecular weight excluding hydrogens is 272 g/mol. The molecule has 1 heterocycles. The second kappa shape index (κ2) is 4.74. The van der Waals surface area contributed by atoms with E-state index in [1.807, 2.05) is 0 Å². The number of rotatable bonds is 4. The Morgan fingerprint density at radius 3 is 2.06 bits per heavy atom. The molecule has 5 N–H and O–H groups in total. The number of allylic oxidation sites excluding steroid dienone is 1. The lowest BCUT2D eigenvalue weighted by atomic mass is 10.3. The number of aliphatic hydroxyl groups is 1. The van der Waals surface area contributed by atoms with E-state index in [-0.39, 0.29) is 0 Å². The summed E-state index contributed by atoms with van der Waals surface area (Å²) in [5.74, 6) is 0. The molecule has 0 unspecified atom stereocenters. The first-order chi connectivity index (χ1) is 7.58.